The lowest BCUT2D eigenvalue weighted by molar-refractivity contribution is 0.405. The molecule has 0 bridgehead atoms. The van der Waals surface area contributed by atoms with E-state index in [0.717, 1.165) is 5.92 Å². The second kappa shape index (κ2) is 0.770. The summed E-state index contributed by atoms with van der Waals surface area (Å²) in [5.41, 5.74) is 0.444. The Morgan fingerprint density at radius 1 is 1.71 bits per heavy atom. The zero-order valence-corrected chi connectivity index (χ0v) is 4.35. The van der Waals surface area contributed by atoms with Crippen LogP contribution in [-0.4, -0.2) is 12.3 Å². The Bertz CT molecular complexity index is 115. The molecule has 2 saturated carbocycles. The highest BCUT2D eigenvalue weighted by atomic mass is 15.0. The first-order valence-corrected chi connectivity index (χ1v) is 2.85. The summed E-state index contributed by atoms with van der Waals surface area (Å²) in [4.78, 5) is 4.05. The molecule has 0 N–H and O–H groups in total. The van der Waals surface area contributed by atoms with Crippen molar-refractivity contribution in [3.8, 4) is 0 Å². The number of nitrogens with zero attached hydrogens (tertiary/aromatic N) is 1. The van der Waals surface area contributed by atoms with Crippen LogP contribution in [0.1, 0.15) is 19.3 Å². The predicted octanol–water partition coefficient (Wildman–Crippen LogP) is 1.24. The Balaban J connectivity index is 2.19. The van der Waals surface area contributed by atoms with Gasteiger partial charge in [0.15, 0.2) is 0 Å². The summed E-state index contributed by atoms with van der Waals surface area (Å²) in [5, 5.41) is 0. The lowest BCUT2D eigenvalue weighted by atomic mass is 9.94. The quantitative estimate of drug-likeness (QED) is 0.434. The van der Waals surface area contributed by atoms with Crippen LogP contribution in [0.3, 0.4) is 0 Å². The Kier molecular flexibility index (Phi) is 0.401. The van der Waals surface area contributed by atoms with Crippen molar-refractivity contribution in [1.82, 2.24) is 0 Å². The van der Waals surface area contributed by atoms with Crippen molar-refractivity contribution in [2.45, 2.75) is 24.8 Å². The number of hydrogen-bond acceptors (Lipinski definition) is 1. The minimum absolute atomic E-state index is 0.444. The van der Waals surface area contributed by atoms with Crippen molar-refractivity contribution >= 4 is 6.72 Å². The van der Waals surface area contributed by atoms with Crippen LogP contribution in [0.5, 0.6) is 0 Å². The predicted molar refractivity (Wildman–Crippen MR) is 29.6 cm³/mol. The van der Waals surface area contributed by atoms with E-state index >= 15 is 0 Å². The minimum atomic E-state index is 0.444. The van der Waals surface area contributed by atoms with Crippen LogP contribution in [-0.2, 0) is 0 Å². The molecule has 0 radical (unpaired) electrons. The van der Waals surface area contributed by atoms with Crippen molar-refractivity contribution < 1.29 is 0 Å². The van der Waals surface area contributed by atoms with Gasteiger partial charge < -0.3 is 0 Å². The highest BCUT2D eigenvalue weighted by Gasteiger charge is 2.60. The van der Waals surface area contributed by atoms with E-state index in [0.29, 0.717) is 5.54 Å². The van der Waals surface area contributed by atoms with Gasteiger partial charge in [0.1, 0.15) is 0 Å². The normalized spacial score (nSPS) is 54.6. The van der Waals surface area contributed by atoms with E-state index in [9.17, 15) is 0 Å². The van der Waals surface area contributed by atoms with Gasteiger partial charge in [0.05, 0.1) is 5.54 Å². The van der Waals surface area contributed by atoms with Gasteiger partial charge in [-0.3, -0.25) is 4.99 Å². The molecule has 2 aliphatic rings. The summed E-state index contributed by atoms with van der Waals surface area (Å²) in [5.74, 6) is 0.963. The SMILES string of the molecule is C=NC12CCC1C2. The minimum Gasteiger partial charge on any atom is -0.294 e. The van der Waals surface area contributed by atoms with Gasteiger partial charge in [-0.2, -0.15) is 0 Å². The summed E-state index contributed by atoms with van der Waals surface area (Å²) in [7, 11) is 0. The van der Waals surface area contributed by atoms with E-state index in [-0.39, 0.29) is 0 Å². The molecular formula is C6H9N. The van der Waals surface area contributed by atoms with Crippen LogP contribution in [0.25, 0.3) is 0 Å². The molecule has 2 fully saturated rings. The van der Waals surface area contributed by atoms with Crippen LogP contribution in [0.2, 0.25) is 0 Å². The molecule has 0 saturated heterocycles. The Morgan fingerprint density at radius 3 is 2.57 bits per heavy atom. The van der Waals surface area contributed by atoms with Crippen LogP contribution in [0.15, 0.2) is 4.99 Å². The van der Waals surface area contributed by atoms with E-state index < -0.39 is 0 Å². The Labute approximate surface area is 43.4 Å². The third kappa shape index (κ3) is 0.245. The molecule has 1 heteroatoms. The van der Waals surface area contributed by atoms with Gasteiger partial charge in [-0.05, 0) is 31.9 Å². The first-order valence-electron chi connectivity index (χ1n) is 2.85. The average Bonchev–Trinajstić information content (AvgIpc) is 2.12. The van der Waals surface area contributed by atoms with Gasteiger partial charge in [-0.15, -0.1) is 0 Å². The van der Waals surface area contributed by atoms with E-state index in [1.807, 2.05) is 0 Å². The Hall–Kier alpha value is -0.330. The largest absolute Gasteiger partial charge is 0.294 e. The van der Waals surface area contributed by atoms with Crippen LogP contribution in [0.4, 0.5) is 0 Å². The molecule has 7 heavy (non-hydrogen) atoms. The molecule has 2 aliphatic carbocycles. The molecule has 0 aromatic carbocycles. The molecule has 38 valence electrons. The number of fused-ring (bicyclic) bond motifs is 1. The summed E-state index contributed by atoms with van der Waals surface area (Å²) < 4.78 is 0. The fourth-order valence-electron chi connectivity index (χ4n) is 1.53. The van der Waals surface area contributed by atoms with Crippen LogP contribution in [0, 0.1) is 5.92 Å². The first-order chi connectivity index (χ1) is 3.37. The molecule has 2 unspecified atom stereocenters. The third-order valence-electron chi connectivity index (χ3n) is 2.44. The number of aliphatic imine (C=N–C) groups is 1. The smallest absolute Gasteiger partial charge is 0.0633 e. The van der Waals surface area contributed by atoms with Gasteiger partial charge in [0.2, 0.25) is 0 Å². The van der Waals surface area contributed by atoms with Gasteiger partial charge in [-0.25, -0.2) is 0 Å². The van der Waals surface area contributed by atoms with Gasteiger partial charge in [0.25, 0.3) is 0 Å². The number of rotatable bonds is 1. The number of hydrogen-bond donors (Lipinski definition) is 0. The lowest BCUT2D eigenvalue weighted by Gasteiger charge is -2.19. The molecule has 0 aromatic rings. The molecule has 0 spiro atoms. The van der Waals surface area contributed by atoms with Crippen molar-refractivity contribution in [2.75, 3.05) is 0 Å². The molecular weight excluding hydrogens is 86.1 g/mol. The van der Waals surface area contributed by atoms with E-state index in [1.165, 1.54) is 19.3 Å². The Morgan fingerprint density at radius 2 is 2.57 bits per heavy atom. The standard InChI is InChI=1S/C6H9N/c1-7-6-3-2-5(6)4-6/h5H,1-4H2. The second-order valence-corrected chi connectivity index (χ2v) is 2.70. The molecule has 0 heterocycles. The maximum absolute atomic E-state index is 4.05. The first kappa shape index (κ1) is 3.65. The fourth-order valence-corrected chi connectivity index (χ4v) is 1.53. The zero-order valence-electron chi connectivity index (χ0n) is 4.35. The summed E-state index contributed by atoms with van der Waals surface area (Å²) in [6, 6.07) is 0. The van der Waals surface area contributed by atoms with E-state index in [4.69, 9.17) is 0 Å². The van der Waals surface area contributed by atoms with E-state index in [1.54, 1.807) is 0 Å². The summed E-state index contributed by atoms with van der Waals surface area (Å²) in [6.07, 6.45) is 4.08. The highest BCUT2D eigenvalue weighted by molar-refractivity contribution is 5.32. The summed E-state index contributed by atoms with van der Waals surface area (Å²) >= 11 is 0. The molecule has 2 atom stereocenters. The van der Waals surface area contributed by atoms with Crippen molar-refractivity contribution in [2.24, 2.45) is 10.9 Å². The molecule has 1 nitrogen and oxygen atoms in total. The van der Waals surface area contributed by atoms with E-state index in [2.05, 4.69) is 11.7 Å². The fraction of sp³-hybridized carbons (Fsp3) is 0.833. The highest BCUT2D eigenvalue weighted by Crippen LogP contribution is 2.62. The second-order valence-electron chi connectivity index (χ2n) is 2.70. The maximum Gasteiger partial charge on any atom is 0.0633 e. The van der Waals surface area contributed by atoms with Crippen molar-refractivity contribution in [3.05, 3.63) is 0 Å². The molecule has 0 amide bonds. The molecule has 0 aromatic heterocycles. The lowest BCUT2D eigenvalue weighted by Crippen LogP contribution is -2.17. The van der Waals surface area contributed by atoms with Gasteiger partial charge in [-0.1, -0.05) is 0 Å². The topological polar surface area (TPSA) is 12.4 Å². The molecule has 2 rings (SSSR count). The van der Waals surface area contributed by atoms with Crippen LogP contribution >= 0.6 is 0 Å². The van der Waals surface area contributed by atoms with Crippen LogP contribution < -0.4 is 0 Å². The van der Waals surface area contributed by atoms with Crippen molar-refractivity contribution in [3.63, 3.8) is 0 Å². The maximum atomic E-state index is 4.05. The zero-order chi connectivity index (χ0) is 4.91. The van der Waals surface area contributed by atoms with Gasteiger partial charge in [0, 0.05) is 0 Å². The third-order valence-corrected chi connectivity index (χ3v) is 2.44. The van der Waals surface area contributed by atoms with Crippen molar-refractivity contribution in [1.29, 1.82) is 0 Å². The van der Waals surface area contributed by atoms with Gasteiger partial charge >= 0.3 is 0 Å². The summed E-state index contributed by atoms with van der Waals surface area (Å²) in [6.45, 7) is 3.55. The monoisotopic (exact) mass is 95.1 g/mol. The average molecular weight is 95.1 g/mol. The molecule has 0 aliphatic heterocycles.